The first-order chi connectivity index (χ1) is 6.64. The van der Waals surface area contributed by atoms with Gasteiger partial charge in [-0.05, 0) is 18.2 Å². The number of sulfone groups is 1. The van der Waals surface area contributed by atoms with Gasteiger partial charge in [-0.3, -0.25) is 0 Å². The third-order valence-electron chi connectivity index (χ3n) is 1.45. The molecule has 1 aromatic carbocycles. The van der Waals surface area contributed by atoms with Crippen LogP contribution in [0, 0.1) is 5.82 Å². The minimum atomic E-state index is -5.49. The standard InChI is InChI=1S/C7H3BrF4O2S/c8-4-1-5(9)3-6(2-4)15(13,14)7(10,11)12/h1-3H. The lowest BCUT2D eigenvalue weighted by Gasteiger charge is -2.08. The Labute approximate surface area is 91.0 Å². The minimum absolute atomic E-state index is 0.0784. The molecule has 1 rings (SSSR count). The zero-order valence-electron chi connectivity index (χ0n) is 6.85. The van der Waals surface area contributed by atoms with Crippen LogP contribution in [0.5, 0.6) is 0 Å². The van der Waals surface area contributed by atoms with Crippen molar-refractivity contribution in [3.8, 4) is 0 Å². The summed E-state index contributed by atoms with van der Waals surface area (Å²) in [5, 5.41) is 0. The van der Waals surface area contributed by atoms with Gasteiger partial charge in [0.1, 0.15) is 5.82 Å². The van der Waals surface area contributed by atoms with Crippen LogP contribution in [0.2, 0.25) is 0 Å². The second-order valence-electron chi connectivity index (χ2n) is 2.55. The zero-order chi connectivity index (χ0) is 11.9. The summed E-state index contributed by atoms with van der Waals surface area (Å²) >= 11 is 2.70. The maximum absolute atomic E-state index is 12.7. The maximum Gasteiger partial charge on any atom is 0.501 e. The van der Waals surface area contributed by atoms with Crippen LogP contribution in [-0.4, -0.2) is 13.9 Å². The molecule has 0 N–H and O–H groups in total. The van der Waals surface area contributed by atoms with E-state index in [9.17, 15) is 26.0 Å². The van der Waals surface area contributed by atoms with Crippen molar-refractivity contribution < 1.29 is 26.0 Å². The van der Waals surface area contributed by atoms with E-state index < -0.39 is 26.1 Å². The summed E-state index contributed by atoms with van der Waals surface area (Å²) in [6.45, 7) is 0. The number of benzene rings is 1. The summed E-state index contributed by atoms with van der Waals surface area (Å²) in [7, 11) is -5.49. The van der Waals surface area contributed by atoms with Crippen LogP contribution in [0.4, 0.5) is 17.6 Å². The molecule has 0 radical (unpaired) electrons. The van der Waals surface area contributed by atoms with Crippen molar-refractivity contribution in [2.75, 3.05) is 0 Å². The van der Waals surface area contributed by atoms with Gasteiger partial charge < -0.3 is 0 Å². The number of hydrogen-bond acceptors (Lipinski definition) is 2. The van der Waals surface area contributed by atoms with Gasteiger partial charge in [-0.15, -0.1) is 0 Å². The minimum Gasteiger partial charge on any atom is -0.214 e. The fourth-order valence-corrected chi connectivity index (χ4v) is 2.25. The van der Waals surface area contributed by atoms with E-state index in [0.717, 1.165) is 6.07 Å². The second kappa shape index (κ2) is 3.75. The van der Waals surface area contributed by atoms with Gasteiger partial charge in [0.2, 0.25) is 0 Å². The summed E-state index contributed by atoms with van der Waals surface area (Å²) in [6, 6.07) is 1.86. The molecule has 0 atom stereocenters. The van der Waals surface area contributed by atoms with Crippen LogP contribution in [0.1, 0.15) is 0 Å². The van der Waals surface area contributed by atoms with E-state index in [2.05, 4.69) is 15.9 Å². The topological polar surface area (TPSA) is 34.1 Å². The molecule has 8 heteroatoms. The first-order valence-electron chi connectivity index (χ1n) is 3.42. The monoisotopic (exact) mass is 306 g/mol. The van der Waals surface area contributed by atoms with Crippen LogP contribution in [0.15, 0.2) is 27.6 Å². The molecule has 0 aliphatic carbocycles. The Morgan fingerprint density at radius 1 is 1.13 bits per heavy atom. The Morgan fingerprint density at radius 3 is 2.07 bits per heavy atom. The first-order valence-corrected chi connectivity index (χ1v) is 5.69. The van der Waals surface area contributed by atoms with Gasteiger partial charge in [-0.1, -0.05) is 15.9 Å². The molecule has 0 bridgehead atoms. The van der Waals surface area contributed by atoms with Gasteiger partial charge in [0.15, 0.2) is 0 Å². The molecule has 2 nitrogen and oxygen atoms in total. The van der Waals surface area contributed by atoms with Gasteiger partial charge in [0, 0.05) is 4.47 Å². The molecular weight excluding hydrogens is 304 g/mol. The molecule has 0 saturated carbocycles. The largest absolute Gasteiger partial charge is 0.501 e. The lowest BCUT2D eigenvalue weighted by atomic mass is 10.3. The molecule has 0 spiro atoms. The van der Waals surface area contributed by atoms with E-state index in [4.69, 9.17) is 0 Å². The van der Waals surface area contributed by atoms with Crippen molar-refractivity contribution >= 4 is 25.8 Å². The molecule has 84 valence electrons. The number of alkyl halides is 3. The molecule has 1 aromatic rings. The van der Waals surface area contributed by atoms with E-state index in [1.165, 1.54) is 0 Å². The number of halogens is 5. The molecule has 15 heavy (non-hydrogen) atoms. The zero-order valence-corrected chi connectivity index (χ0v) is 9.25. The summed E-state index contributed by atoms with van der Waals surface area (Å²) in [4.78, 5) is -1.12. The van der Waals surface area contributed by atoms with Gasteiger partial charge in [-0.25, -0.2) is 12.8 Å². The van der Waals surface area contributed by atoms with Crippen LogP contribution in [0.25, 0.3) is 0 Å². The van der Waals surface area contributed by atoms with Crippen LogP contribution < -0.4 is 0 Å². The Hall–Kier alpha value is -0.630. The third-order valence-corrected chi connectivity index (χ3v) is 3.37. The molecular formula is C7H3BrF4O2S. The van der Waals surface area contributed by atoms with E-state index >= 15 is 0 Å². The van der Waals surface area contributed by atoms with E-state index in [-0.39, 0.29) is 4.47 Å². The van der Waals surface area contributed by atoms with Gasteiger partial charge in [-0.2, -0.15) is 13.2 Å². The highest BCUT2D eigenvalue weighted by Crippen LogP contribution is 2.31. The third kappa shape index (κ3) is 2.49. The van der Waals surface area contributed by atoms with Crippen LogP contribution >= 0.6 is 15.9 Å². The summed E-state index contributed by atoms with van der Waals surface area (Å²) < 4.78 is 70.5. The highest BCUT2D eigenvalue weighted by molar-refractivity contribution is 9.10. The molecule has 0 aromatic heterocycles. The first kappa shape index (κ1) is 12.4. The maximum atomic E-state index is 12.7. The molecule has 0 fully saturated rings. The van der Waals surface area contributed by atoms with Crippen molar-refractivity contribution in [1.82, 2.24) is 0 Å². The van der Waals surface area contributed by atoms with Crippen LogP contribution in [-0.2, 0) is 9.84 Å². The van der Waals surface area contributed by atoms with E-state index in [1.807, 2.05) is 0 Å². The smallest absolute Gasteiger partial charge is 0.214 e. The molecule has 0 saturated heterocycles. The van der Waals surface area contributed by atoms with Crippen molar-refractivity contribution in [3.05, 3.63) is 28.5 Å². The fourth-order valence-electron chi connectivity index (χ4n) is 0.817. The van der Waals surface area contributed by atoms with Crippen molar-refractivity contribution in [3.63, 3.8) is 0 Å². The van der Waals surface area contributed by atoms with Crippen LogP contribution in [0.3, 0.4) is 0 Å². The predicted molar refractivity (Wildman–Crippen MR) is 47.3 cm³/mol. The fraction of sp³-hybridized carbons (Fsp3) is 0.143. The van der Waals surface area contributed by atoms with E-state index in [0.29, 0.717) is 12.1 Å². The average Bonchev–Trinajstić information content (AvgIpc) is 1.99. The lowest BCUT2D eigenvalue weighted by molar-refractivity contribution is -0.0436. The molecule has 0 aliphatic rings. The van der Waals surface area contributed by atoms with E-state index in [1.54, 1.807) is 0 Å². The normalized spacial score (nSPS) is 12.9. The predicted octanol–water partition coefficient (Wildman–Crippen LogP) is 2.88. The summed E-state index contributed by atoms with van der Waals surface area (Å²) in [5.74, 6) is -1.06. The summed E-state index contributed by atoms with van der Waals surface area (Å²) in [6.07, 6.45) is 0. The number of rotatable bonds is 1. The Balaban J connectivity index is 3.41. The lowest BCUT2D eigenvalue weighted by Crippen LogP contribution is -2.23. The quantitative estimate of drug-likeness (QED) is 0.748. The second-order valence-corrected chi connectivity index (χ2v) is 5.41. The average molecular weight is 307 g/mol. The van der Waals surface area contributed by atoms with Crippen molar-refractivity contribution in [2.45, 2.75) is 10.4 Å². The van der Waals surface area contributed by atoms with Gasteiger partial charge in [0.05, 0.1) is 4.90 Å². The highest BCUT2D eigenvalue weighted by atomic mass is 79.9. The molecule has 0 unspecified atom stereocenters. The molecule has 0 aliphatic heterocycles. The molecule has 0 amide bonds. The van der Waals surface area contributed by atoms with Gasteiger partial charge >= 0.3 is 5.51 Å². The molecule has 0 heterocycles. The highest BCUT2D eigenvalue weighted by Gasteiger charge is 2.47. The SMILES string of the molecule is O=S(=O)(c1cc(F)cc(Br)c1)C(F)(F)F. The van der Waals surface area contributed by atoms with Crippen molar-refractivity contribution in [1.29, 1.82) is 0 Å². The summed E-state index contributed by atoms with van der Waals surface area (Å²) in [5.41, 5.74) is -5.43. The van der Waals surface area contributed by atoms with Crippen molar-refractivity contribution in [2.24, 2.45) is 0 Å². The Kier molecular flexibility index (Phi) is 3.11. The Bertz CT molecular complexity index is 460. The number of hydrogen-bond donors (Lipinski definition) is 0. The van der Waals surface area contributed by atoms with Gasteiger partial charge in [0.25, 0.3) is 9.84 Å². The Morgan fingerprint density at radius 2 is 1.67 bits per heavy atom.